The summed E-state index contributed by atoms with van der Waals surface area (Å²) in [5.74, 6) is -6.91. The van der Waals surface area contributed by atoms with Gasteiger partial charge >= 0.3 is 0 Å². The highest BCUT2D eigenvalue weighted by Crippen LogP contribution is 2.44. The molecule has 68 heavy (non-hydrogen) atoms. The molecular formula is C50H60F4N6O7S. The van der Waals surface area contributed by atoms with Gasteiger partial charge < -0.3 is 40.2 Å². The third-order valence-corrected chi connectivity index (χ3v) is 13.6. The van der Waals surface area contributed by atoms with E-state index in [2.05, 4.69) is 20.6 Å². The molecule has 5 atom stereocenters. The summed E-state index contributed by atoms with van der Waals surface area (Å²) in [5.41, 5.74) is 5.41. The molecular weight excluding hydrogens is 905 g/mol. The fraction of sp³-hybridized carbons (Fsp3) is 0.480. The molecule has 1 saturated heterocycles. The van der Waals surface area contributed by atoms with E-state index in [0.717, 1.165) is 50.3 Å². The van der Waals surface area contributed by atoms with E-state index in [1.165, 1.54) is 9.80 Å². The minimum Gasteiger partial charge on any atom is -0.493 e. The molecule has 0 radical (unpaired) electrons. The van der Waals surface area contributed by atoms with Gasteiger partial charge in [-0.25, -0.2) is 22.5 Å². The monoisotopic (exact) mass is 964 g/mol. The maximum atomic E-state index is 16.0. The van der Waals surface area contributed by atoms with Crippen LogP contribution in [0.5, 0.6) is 5.75 Å². The smallest absolute Gasteiger partial charge is 0.283 e. The minimum atomic E-state index is -3.51. The third kappa shape index (κ3) is 11.7. The standard InChI is InChI=1S/C50H60F4N6O7S/c1-29-19-36-35-11-7-8-12-39(35)57-43(36)44(60(29)26-50(53,54)27-61)42-37(51)21-34(22-38(42)52)67-18-10-6-9-17-66-25-41(63)58-46(49(3,4)5)48(65)59-24-33(62)20-40(59)47(64)55-23-31-13-15-32(16-14-31)45-30(2)56-28-68-45/h7-8,11-16,21-22,28-29,33,40,44,46,57,61-62H,6,9-10,17-20,23-27H2,1-5H3,(H,55,64)(H,58,63)/t29-,33-,40+,44-,46?/m1/s1. The number of likely N-dealkylation sites (tertiary alicyclic amines) is 1. The number of aryl methyl sites for hydroxylation is 1. The number of ether oxygens (including phenoxy) is 2. The SMILES string of the molecule is Cc1ncsc1-c1ccc(CNC(=O)[C@@H]2C[C@@H](O)CN2C(=O)C(NC(=O)COCCCCCOc2cc(F)c([C@@H]3c4[nH]c5ccccc5c4C[C@@H](C)N3CC(F)(F)CO)c(F)c2)C(C)(C)C)cc1. The molecule has 0 spiro atoms. The van der Waals surface area contributed by atoms with Crippen LogP contribution in [0, 0.1) is 24.0 Å². The highest BCUT2D eigenvalue weighted by Gasteiger charge is 2.45. The Hall–Kier alpha value is -5.40. The van der Waals surface area contributed by atoms with Gasteiger partial charge in [-0.15, -0.1) is 11.3 Å². The minimum absolute atomic E-state index is 0.0569. The number of aromatic nitrogens is 2. The third-order valence-electron chi connectivity index (χ3n) is 12.6. The molecule has 2 aliphatic heterocycles. The van der Waals surface area contributed by atoms with Crippen molar-refractivity contribution >= 4 is 40.0 Å². The van der Waals surface area contributed by atoms with Crippen molar-refractivity contribution in [1.82, 2.24) is 30.4 Å². The number of carbonyl (C=O) groups excluding carboxylic acids is 3. The van der Waals surface area contributed by atoms with Crippen LogP contribution in [-0.2, 0) is 32.1 Å². The summed E-state index contributed by atoms with van der Waals surface area (Å²) in [7, 11) is 0. The Balaban J connectivity index is 0.869. The molecule has 366 valence electrons. The van der Waals surface area contributed by atoms with E-state index in [1.807, 2.05) is 55.5 Å². The van der Waals surface area contributed by atoms with Crippen LogP contribution in [0.25, 0.3) is 21.3 Å². The van der Waals surface area contributed by atoms with E-state index < -0.39 is 89.7 Å². The van der Waals surface area contributed by atoms with E-state index in [9.17, 15) is 33.4 Å². The van der Waals surface area contributed by atoms with Gasteiger partial charge in [0.05, 0.1) is 41.4 Å². The number of para-hydroxylation sites is 1. The van der Waals surface area contributed by atoms with Gasteiger partial charge in [-0.3, -0.25) is 19.3 Å². The average Bonchev–Trinajstić information content (AvgIpc) is 4.02. The number of hydrogen-bond acceptors (Lipinski definition) is 10. The summed E-state index contributed by atoms with van der Waals surface area (Å²) in [5, 5.41) is 26.5. The number of halogens is 4. The number of alkyl halides is 2. The normalized spacial score (nSPS) is 19.2. The Morgan fingerprint density at radius 1 is 1.01 bits per heavy atom. The molecule has 13 nitrogen and oxygen atoms in total. The molecule has 5 aromatic rings. The number of H-pyrrole nitrogens is 1. The lowest BCUT2D eigenvalue weighted by Crippen LogP contribution is -2.58. The number of fused-ring (bicyclic) bond motifs is 3. The van der Waals surface area contributed by atoms with Crippen LogP contribution < -0.4 is 15.4 Å². The predicted molar refractivity (Wildman–Crippen MR) is 250 cm³/mol. The Kier molecular flexibility index (Phi) is 16.0. The van der Waals surface area contributed by atoms with Crippen LogP contribution in [0.1, 0.15) is 87.5 Å². The molecule has 2 aliphatic rings. The lowest BCUT2D eigenvalue weighted by molar-refractivity contribution is -0.144. The van der Waals surface area contributed by atoms with Crippen molar-refractivity contribution < 1.29 is 51.6 Å². The number of amides is 3. The number of nitrogens with one attached hydrogen (secondary N) is 3. The summed E-state index contributed by atoms with van der Waals surface area (Å²) >= 11 is 1.55. The van der Waals surface area contributed by atoms with Crippen LogP contribution in [0.4, 0.5) is 17.6 Å². The van der Waals surface area contributed by atoms with Gasteiger partial charge in [-0.1, -0.05) is 63.2 Å². The molecule has 0 saturated carbocycles. The molecule has 18 heteroatoms. The van der Waals surface area contributed by atoms with Gasteiger partial charge in [-0.2, -0.15) is 0 Å². The van der Waals surface area contributed by atoms with Crippen molar-refractivity contribution in [2.45, 2.75) is 109 Å². The Morgan fingerprint density at radius 2 is 1.72 bits per heavy atom. The zero-order valence-electron chi connectivity index (χ0n) is 38.9. The summed E-state index contributed by atoms with van der Waals surface area (Å²) < 4.78 is 72.7. The fourth-order valence-electron chi connectivity index (χ4n) is 9.11. The van der Waals surface area contributed by atoms with E-state index in [0.29, 0.717) is 31.4 Å². The predicted octanol–water partition coefficient (Wildman–Crippen LogP) is 7.22. The van der Waals surface area contributed by atoms with E-state index in [1.54, 1.807) is 44.5 Å². The first-order chi connectivity index (χ1) is 32.3. The Bertz CT molecular complexity index is 2540. The van der Waals surface area contributed by atoms with E-state index in [-0.39, 0.29) is 45.1 Å². The maximum Gasteiger partial charge on any atom is 0.283 e. The number of benzene rings is 3. The van der Waals surface area contributed by atoms with Crippen LogP contribution >= 0.6 is 11.3 Å². The molecule has 1 fully saturated rings. The number of aliphatic hydroxyl groups excluding tert-OH is 2. The summed E-state index contributed by atoms with van der Waals surface area (Å²) in [6.07, 6.45) is 1.11. The van der Waals surface area contributed by atoms with Crippen molar-refractivity contribution in [3.63, 3.8) is 0 Å². The number of aromatic amines is 1. The second kappa shape index (κ2) is 21.5. The van der Waals surface area contributed by atoms with E-state index >= 15 is 8.78 Å². The van der Waals surface area contributed by atoms with Crippen molar-refractivity contribution in [3.05, 3.63) is 106 Å². The van der Waals surface area contributed by atoms with E-state index in [4.69, 9.17) is 9.47 Å². The van der Waals surface area contributed by atoms with Gasteiger partial charge in [0.2, 0.25) is 17.7 Å². The van der Waals surface area contributed by atoms with Crippen LogP contribution in [0.15, 0.2) is 66.2 Å². The summed E-state index contributed by atoms with van der Waals surface area (Å²) in [4.78, 5) is 51.8. The molecule has 0 bridgehead atoms. The topological polar surface area (TPSA) is 169 Å². The number of unbranched alkanes of at least 4 members (excludes halogenated alkanes) is 2. The number of thiazole rings is 1. The van der Waals surface area contributed by atoms with Crippen molar-refractivity contribution in [3.8, 4) is 16.2 Å². The Labute approximate surface area is 397 Å². The zero-order valence-corrected chi connectivity index (χ0v) is 39.7. The largest absolute Gasteiger partial charge is 0.493 e. The molecule has 7 rings (SSSR count). The zero-order chi connectivity index (χ0) is 48.9. The number of carbonyl (C=O) groups is 3. The number of β-amino-alcohol motifs (C(OH)–C–C–N with tert-alkyl or cyclic N) is 1. The van der Waals surface area contributed by atoms with Gasteiger partial charge in [0.1, 0.15) is 42.7 Å². The first kappa shape index (κ1) is 50.5. The number of nitrogens with zero attached hydrogens (tertiary/aromatic N) is 3. The first-order valence-electron chi connectivity index (χ1n) is 22.9. The van der Waals surface area contributed by atoms with Crippen LogP contribution in [0.3, 0.4) is 0 Å². The quantitative estimate of drug-likeness (QED) is 0.0424. The van der Waals surface area contributed by atoms with Gasteiger partial charge in [0.25, 0.3) is 5.92 Å². The summed E-state index contributed by atoms with van der Waals surface area (Å²) in [6, 6.07) is 13.5. The van der Waals surface area contributed by atoms with Gasteiger partial charge in [0.15, 0.2) is 0 Å². The second-order valence-corrected chi connectivity index (χ2v) is 19.8. The summed E-state index contributed by atoms with van der Waals surface area (Å²) in [6.45, 7) is 6.89. The van der Waals surface area contributed by atoms with Crippen molar-refractivity contribution in [1.29, 1.82) is 0 Å². The van der Waals surface area contributed by atoms with Crippen molar-refractivity contribution in [2.75, 3.05) is 39.5 Å². The number of aliphatic hydroxyl groups is 2. The highest BCUT2D eigenvalue weighted by atomic mass is 32.1. The first-order valence-corrected chi connectivity index (χ1v) is 23.8. The molecule has 5 N–H and O–H groups in total. The average molecular weight is 965 g/mol. The molecule has 2 aromatic heterocycles. The maximum absolute atomic E-state index is 16.0. The number of rotatable bonds is 19. The molecule has 3 aromatic carbocycles. The Morgan fingerprint density at radius 3 is 2.40 bits per heavy atom. The fourth-order valence-corrected chi connectivity index (χ4v) is 9.92. The molecule has 0 aliphatic carbocycles. The number of hydrogen-bond donors (Lipinski definition) is 5. The van der Waals surface area contributed by atoms with Crippen molar-refractivity contribution in [2.24, 2.45) is 5.41 Å². The van der Waals surface area contributed by atoms with Crippen LogP contribution in [0.2, 0.25) is 0 Å². The molecule has 4 heterocycles. The molecule has 1 unspecified atom stereocenters. The molecule has 3 amide bonds. The highest BCUT2D eigenvalue weighted by molar-refractivity contribution is 7.13. The van der Waals surface area contributed by atoms with Gasteiger partial charge in [0, 0.05) is 66.5 Å². The lowest BCUT2D eigenvalue weighted by atomic mass is 9.85. The van der Waals surface area contributed by atoms with Gasteiger partial charge in [-0.05, 0) is 67.7 Å². The second-order valence-electron chi connectivity index (χ2n) is 18.9. The lowest BCUT2D eigenvalue weighted by Gasteiger charge is -2.42. The van der Waals surface area contributed by atoms with Crippen LogP contribution in [-0.4, -0.2) is 117 Å².